The van der Waals surface area contributed by atoms with Gasteiger partial charge in [0.15, 0.2) is 5.78 Å². The number of rotatable bonds is 6. The molecule has 0 spiro atoms. The van der Waals surface area contributed by atoms with Gasteiger partial charge in [0.25, 0.3) is 0 Å². The summed E-state index contributed by atoms with van der Waals surface area (Å²) in [7, 11) is 1.40. The van der Waals surface area contributed by atoms with Gasteiger partial charge in [0.05, 0.1) is 25.2 Å². The third kappa shape index (κ3) is 3.85. The van der Waals surface area contributed by atoms with Gasteiger partial charge in [-0.1, -0.05) is 0 Å². The zero-order chi connectivity index (χ0) is 15.5. The summed E-state index contributed by atoms with van der Waals surface area (Å²) in [6, 6.07) is 7.19. The zero-order valence-corrected chi connectivity index (χ0v) is 13.0. The second-order valence-electron chi connectivity index (χ2n) is 5.42. The molecular formula is C16H17NO3S. The number of methoxy groups -OCH3 is 1. The molecule has 0 saturated heterocycles. The largest absolute Gasteiger partial charge is 0.469 e. The standard InChI is InChI=1S/C16H17NO3S/c1-11(18)13-4-3-12(9-17)7-14(13)21-10-16(5-6-16)8-15(19)20-2/h3-4,7H,5-6,8,10H2,1-2H3. The molecule has 0 atom stereocenters. The first kappa shape index (κ1) is 15.6. The average molecular weight is 303 g/mol. The maximum atomic E-state index is 11.7. The SMILES string of the molecule is COC(=O)CC1(CSc2cc(C#N)ccc2C(C)=O)CC1. The van der Waals surface area contributed by atoms with Gasteiger partial charge in [0.1, 0.15) is 0 Å². The van der Waals surface area contributed by atoms with E-state index >= 15 is 0 Å². The fourth-order valence-electron chi connectivity index (χ4n) is 2.16. The van der Waals surface area contributed by atoms with Crippen molar-refractivity contribution in [3.05, 3.63) is 29.3 Å². The number of thioether (sulfide) groups is 1. The van der Waals surface area contributed by atoms with Crippen LogP contribution in [0.25, 0.3) is 0 Å². The zero-order valence-electron chi connectivity index (χ0n) is 12.1. The highest BCUT2D eigenvalue weighted by molar-refractivity contribution is 7.99. The van der Waals surface area contributed by atoms with Crippen LogP contribution in [0.15, 0.2) is 23.1 Å². The van der Waals surface area contributed by atoms with E-state index in [1.54, 1.807) is 30.0 Å². The van der Waals surface area contributed by atoms with Gasteiger partial charge >= 0.3 is 5.97 Å². The van der Waals surface area contributed by atoms with Gasteiger partial charge in [-0.2, -0.15) is 5.26 Å². The van der Waals surface area contributed by atoms with Gasteiger partial charge < -0.3 is 4.74 Å². The fourth-order valence-corrected chi connectivity index (χ4v) is 3.59. The Morgan fingerprint density at radius 3 is 2.67 bits per heavy atom. The van der Waals surface area contributed by atoms with Crippen LogP contribution in [-0.4, -0.2) is 24.6 Å². The van der Waals surface area contributed by atoms with Crippen LogP contribution in [0.4, 0.5) is 0 Å². The normalized spacial score (nSPS) is 15.1. The number of hydrogen-bond acceptors (Lipinski definition) is 5. The van der Waals surface area contributed by atoms with E-state index < -0.39 is 0 Å². The van der Waals surface area contributed by atoms with Crippen molar-refractivity contribution < 1.29 is 14.3 Å². The van der Waals surface area contributed by atoms with Crippen LogP contribution in [0.5, 0.6) is 0 Å². The second kappa shape index (κ2) is 6.31. The van der Waals surface area contributed by atoms with Crippen LogP contribution >= 0.6 is 11.8 Å². The Labute approximate surface area is 128 Å². The van der Waals surface area contributed by atoms with Crippen LogP contribution in [0.1, 0.15) is 42.1 Å². The number of carbonyl (C=O) groups excluding carboxylic acids is 2. The highest BCUT2D eigenvalue weighted by Gasteiger charge is 2.44. The third-order valence-electron chi connectivity index (χ3n) is 3.73. The second-order valence-corrected chi connectivity index (χ2v) is 6.44. The Morgan fingerprint density at radius 1 is 1.43 bits per heavy atom. The van der Waals surface area contributed by atoms with E-state index in [0.29, 0.717) is 17.5 Å². The van der Waals surface area contributed by atoms with Crippen molar-refractivity contribution in [2.75, 3.05) is 12.9 Å². The third-order valence-corrected chi connectivity index (χ3v) is 5.13. The molecule has 1 fully saturated rings. The number of hydrogen-bond donors (Lipinski definition) is 0. The Morgan fingerprint density at radius 2 is 2.14 bits per heavy atom. The van der Waals surface area contributed by atoms with E-state index in [1.807, 2.05) is 0 Å². The molecule has 0 aliphatic heterocycles. The molecule has 0 N–H and O–H groups in total. The molecular weight excluding hydrogens is 286 g/mol. The van der Waals surface area contributed by atoms with Crippen molar-refractivity contribution in [2.45, 2.75) is 31.1 Å². The van der Waals surface area contributed by atoms with Gasteiger partial charge in [-0.3, -0.25) is 9.59 Å². The lowest BCUT2D eigenvalue weighted by Crippen LogP contribution is -2.13. The molecule has 0 unspecified atom stereocenters. The molecule has 0 aromatic heterocycles. The molecule has 1 aliphatic rings. The number of Topliss-reactive ketones (excluding diaryl/α,β-unsaturated/α-hetero) is 1. The molecule has 2 rings (SSSR count). The van der Waals surface area contributed by atoms with Crippen molar-refractivity contribution in [1.29, 1.82) is 5.26 Å². The Balaban J connectivity index is 2.11. The van der Waals surface area contributed by atoms with E-state index in [4.69, 9.17) is 10.00 Å². The molecule has 5 heteroatoms. The van der Waals surface area contributed by atoms with Gasteiger partial charge in [-0.05, 0) is 43.4 Å². The Kier molecular flexibility index (Phi) is 4.69. The monoisotopic (exact) mass is 303 g/mol. The minimum absolute atomic E-state index is 0.00549. The van der Waals surface area contributed by atoms with Crippen molar-refractivity contribution >= 4 is 23.5 Å². The van der Waals surface area contributed by atoms with E-state index in [0.717, 1.165) is 23.5 Å². The summed E-state index contributed by atoms with van der Waals surface area (Å²) in [4.78, 5) is 23.9. The first-order chi connectivity index (χ1) is 9.99. The minimum Gasteiger partial charge on any atom is -0.469 e. The number of benzene rings is 1. The first-order valence-corrected chi connectivity index (χ1v) is 7.73. The van der Waals surface area contributed by atoms with Crippen LogP contribution < -0.4 is 0 Å². The number of nitriles is 1. The lowest BCUT2D eigenvalue weighted by Gasteiger charge is -2.14. The van der Waals surface area contributed by atoms with E-state index in [9.17, 15) is 9.59 Å². The molecule has 0 radical (unpaired) electrons. The number of nitrogens with zero attached hydrogens (tertiary/aromatic N) is 1. The summed E-state index contributed by atoms with van der Waals surface area (Å²) in [6.07, 6.45) is 2.43. The van der Waals surface area contributed by atoms with Crippen LogP contribution in [0.2, 0.25) is 0 Å². The molecule has 0 amide bonds. The Bertz CT molecular complexity index is 614. The predicted molar refractivity (Wildman–Crippen MR) is 80.2 cm³/mol. The number of ketones is 1. The van der Waals surface area contributed by atoms with Crippen molar-refractivity contribution in [1.82, 2.24) is 0 Å². The lowest BCUT2D eigenvalue weighted by atomic mass is 10.1. The molecule has 1 aromatic carbocycles. The van der Waals surface area contributed by atoms with Crippen LogP contribution in [0.3, 0.4) is 0 Å². The van der Waals surface area contributed by atoms with Gasteiger partial charge in [-0.25, -0.2) is 0 Å². The van der Waals surface area contributed by atoms with Crippen molar-refractivity contribution in [2.24, 2.45) is 5.41 Å². The molecule has 1 aliphatic carbocycles. The highest BCUT2D eigenvalue weighted by Crippen LogP contribution is 2.52. The smallest absolute Gasteiger partial charge is 0.306 e. The van der Waals surface area contributed by atoms with Gasteiger partial charge in [-0.15, -0.1) is 11.8 Å². The Hall–Kier alpha value is -1.80. The van der Waals surface area contributed by atoms with Crippen LogP contribution in [0, 0.1) is 16.7 Å². The predicted octanol–water partition coefficient (Wildman–Crippen LogP) is 3.20. The topological polar surface area (TPSA) is 67.2 Å². The molecule has 0 heterocycles. The number of esters is 1. The van der Waals surface area contributed by atoms with Gasteiger partial charge in [0.2, 0.25) is 0 Å². The molecule has 21 heavy (non-hydrogen) atoms. The first-order valence-electron chi connectivity index (χ1n) is 6.74. The minimum atomic E-state index is -0.189. The highest BCUT2D eigenvalue weighted by atomic mass is 32.2. The van der Waals surface area contributed by atoms with E-state index in [2.05, 4.69) is 6.07 Å². The summed E-state index contributed by atoms with van der Waals surface area (Å²) in [5.41, 5.74) is 1.17. The fraction of sp³-hybridized carbons (Fsp3) is 0.438. The quantitative estimate of drug-likeness (QED) is 0.458. The van der Waals surface area contributed by atoms with Gasteiger partial charge in [0, 0.05) is 16.2 Å². The summed E-state index contributed by atoms with van der Waals surface area (Å²) < 4.78 is 4.73. The maximum absolute atomic E-state index is 11.7. The average Bonchev–Trinajstić information content (AvgIpc) is 3.24. The summed E-state index contributed by atoms with van der Waals surface area (Å²) in [6.45, 7) is 1.52. The van der Waals surface area contributed by atoms with Crippen molar-refractivity contribution in [3.63, 3.8) is 0 Å². The van der Waals surface area contributed by atoms with E-state index in [1.165, 1.54) is 14.0 Å². The van der Waals surface area contributed by atoms with Crippen LogP contribution in [-0.2, 0) is 9.53 Å². The summed E-state index contributed by atoms with van der Waals surface area (Å²) in [5, 5.41) is 8.98. The van der Waals surface area contributed by atoms with E-state index in [-0.39, 0.29) is 17.2 Å². The lowest BCUT2D eigenvalue weighted by molar-refractivity contribution is -0.141. The number of ether oxygens (including phenoxy) is 1. The number of carbonyl (C=O) groups is 2. The maximum Gasteiger partial charge on any atom is 0.306 e. The molecule has 0 bridgehead atoms. The molecule has 110 valence electrons. The molecule has 1 aromatic rings. The summed E-state index contributed by atoms with van der Waals surface area (Å²) in [5.74, 6) is 0.558. The van der Waals surface area contributed by atoms with Crippen molar-refractivity contribution in [3.8, 4) is 6.07 Å². The summed E-state index contributed by atoms with van der Waals surface area (Å²) >= 11 is 1.55. The molecule has 1 saturated carbocycles. The molecule has 4 nitrogen and oxygen atoms in total.